The lowest BCUT2D eigenvalue weighted by Gasteiger charge is -2.10. The van der Waals surface area contributed by atoms with Crippen LogP contribution < -0.4 is 10.5 Å². The summed E-state index contributed by atoms with van der Waals surface area (Å²) < 4.78 is 5.24. The van der Waals surface area contributed by atoms with Crippen LogP contribution in [0.15, 0.2) is 36.5 Å². The number of hydrogen-bond acceptors (Lipinski definition) is 2. The monoisotopic (exact) mass is 230 g/mol. The van der Waals surface area contributed by atoms with Gasteiger partial charge in [-0.1, -0.05) is 5.57 Å². The van der Waals surface area contributed by atoms with E-state index in [1.54, 1.807) is 7.11 Å². The van der Waals surface area contributed by atoms with Gasteiger partial charge in [0.15, 0.2) is 0 Å². The summed E-state index contributed by atoms with van der Waals surface area (Å²) in [5, 5.41) is 1.12. The van der Waals surface area contributed by atoms with Crippen molar-refractivity contribution in [2.45, 2.75) is 19.4 Å². The molecule has 0 fully saturated rings. The van der Waals surface area contributed by atoms with Crippen molar-refractivity contribution in [1.82, 2.24) is 4.98 Å². The van der Waals surface area contributed by atoms with Crippen LogP contribution >= 0.6 is 0 Å². The highest BCUT2D eigenvalue weighted by Gasteiger charge is 2.12. The Hall–Kier alpha value is -1.74. The minimum Gasteiger partial charge on any atom is -0.497 e. The van der Waals surface area contributed by atoms with E-state index in [1.807, 2.05) is 31.3 Å². The Morgan fingerprint density at radius 2 is 2.29 bits per heavy atom. The van der Waals surface area contributed by atoms with Crippen molar-refractivity contribution in [2.75, 3.05) is 7.11 Å². The fourth-order valence-corrected chi connectivity index (χ4v) is 2.04. The largest absolute Gasteiger partial charge is 0.497 e. The molecule has 0 saturated heterocycles. The molecule has 2 aromatic rings. The van der Waals surface area contributed by atoms with Gasteiger partial charge in [-0.05, 0) is 37.1 Å². The van der Waals surface area contributed by atoms with Gasteiger partial charge in [0.25, 0.3) is 0 Å². The van der Waals surface area contributed by atoms with Gasteiger partial charge in [-0.2, -0.15) is 0 Å². The maximum Gasteiger partial charge on any atom is 0.119 e. The number of nitrogens with one attached hydrogen (secondary N) is 1. The molecular formula is C14H18N2O. The average molecular weight is 230 g/mol. The number of methoxy groups -OCH3 is 1. The molecule has 0 bridgehead atoms. The predicted molar refractivity (Wildman–Crippen MR) is 71.2 cm³/mol. The van der Waals surface area contributed by atoms with E-state index >= 15 is 0 Å². The van der Waals surface area contributed by atoms with Crippen LogP contribution in [0.2, 0.25) is 0 Å². The molecule has 0 aliphatic heterocycles. The molecule has 3 nitrogen and oxygen atoms in total. The molecule has 17 heavy (non-hydrogen) atoms. The summed E-state index contributed by atoms with van der Waals surface area (Å²) in [6.45, 7) is 5.90. The van der Waals surface area contributed by atoms with Gasteiger partial charge < -0.3 is 15.5 Å². The molecule has 3 N–H and O–H groups in total. The molecule has 1 atom stereocenters. The molecule has 90 valence electrons. The van der Waals surface area contributed by atoms with Crippen molar-refractivity contribution in [2.24, 2.45) is 5.73 Å². The molecular weight excluding hydrogens is 212 g/mol. The first-order valence-electron chi connectivity index (χ1n) is 5.67. The lowest BCUT2D eigenvalue weighted by molar-refractivity contribution is 0.415. The van der Waals surface area contributed by atoms with E-state index in [-0.39, 0.29) is 6.04 Å². The fraction of sp³-hybridized carbons (Fsp3) is 0.286. The summed E-state index contributed by atoms with van der Waals surface area (Å²) in [7, 11) is 1.67. The summed E-state index contributed by atoms with van der Waals surface area (Å²) in [6, 6.07) is 5.94. The van der Waals surface area contributed by atoms with Gasteiger partial charge in [-0.15, -0.1) is 6.58 Å². The molecule has 0 amide bonds. The van der Waals surface area contributed by atoms with Gasteiger partial charge in [-0.3, -0.25) is 0 Å². The first kappa shape index (κ1) is 11.7. The van der Waals surface area contributed by atoms with Crippen molar-refractivity contribution in [3.63, 3.8) is 0 Å². The first-order valence-corrected chi connectivity index (χ1v) is 5.67. The fourth-order valence-electron chi connectivity index (χ4n) is 2.04. The van der Waals surface area contributed by atoms with E-state index in [0.29, 0.717) is 0 Å². The van der Waals surface area contributed by atoms with Crippen LogP contribution in [0.4, 0.5) is 0 Å². The average Bonchev–Trinajstić information content (AvgIpc) is 2.70. The van der Waals surface area contributed by atoms with Crippen molar-refractivity contribution in [3.05, 3.63) is 42.1 Å². The zero-order valence-electron chi connectivity index (χ0n) is 10.3. The summed E-state index contributed by atoms with van der Waals surface area (Å²) in [6.07, 6.45) is 2.77. The maximum atomic E-state index is 6.18. The van der Waals surface area contributed by atoms with Gasteiger partial charge in [0, 0.05) is 23.1 Å². The summed E-state index contributed by atoms with van der Waals surface area (Å²) in [4.78, 5) is 3.23. The third-order valence-electron chi connectivity index (χ3n) is 2.89. The second-order valence-corrected chi connectivity index (χ2v) is 4.42. The minimum absolute atomic E-state index is 0.0200. The molecule has 0 aliphatic carbocycles. The Balaban J connectivity index is 2.43. The normalized spacial score (nSPS) is 12.6. The smallest absolute Gasteiger partial charge is 0.119 e. The Kier molecular flexibility index (Phi) is 3.20. The quantitative estimate of drug-likeness (QED) is 0.793. The number of nitrogens with two attached hydrogens (primary N) is 1. The van der Waals surface area contributed by atoms with Crippen LogP contribution in [0.5, 0.6) is 5.75 Å². The summed E-state index contributed by atoms with van der Waals surface area (Å²) in [5.74, 6) is 0.848. The third kappa shape index (κ3) is 2.34. The van der Waals surface area contributed by atoms with Crippen LogP contribution in [0, 0.1) is 0 Å². The number of ether oxygens (including phenoxy) is 1. The number of rotatable bonds is 4. The third-order valence-corrected chi connectivity index (χ3v) is 2.89. The van der Waals surface area contributed by atoms with E-state index in [1.165, 1.54) is 0 Å². The number of aromatic amines is 1. The van der Waals surface area contributed by atoms with Crippen molar-refractivity contribution < 1.29 is 4.74 Å². The number of benzene rings is 1. The predicted octanol–water partition coefficient (Wildman–Crippen LogP) is 3.14. The number of H-pyrrole nitrogens is 1. The van der Waals surface area contributed by atoms with Crippen LogP contribution in [0.3, 0.4) is 0 Å². The van der Waals surface area contributed by atoms with Gasteiger partial charge >= 0.3 is 0 Å². The highest BCUT2D eigenvalue weighted by molar-refractivity contribution is 5.85. The van der Waals surface area contributed by atoms with Crippen LogP contribution in [-0.4, -0.2) is 12.1 Å². The lowest BCUT2D eigenvalue weighted by atomic mass is 10.0. The van der Waals surface area contributed by atoms with Crippen molar-refractivity contribution >= 4 is 10.9 Å². The molecule has 0 saturated carbocycles. The van der Waals surface area contributed by atoms with E-state index in [9.17, 15) is 0 Å². The Morgan fingerprint density at radius 1 is 1.53 bits per heavy atom. The summed E-state index contributed by atoms with van der Waals surface area (Å²) in [5.41, 5.74) is 9.46. The number of hydrogen-bond donors (Lipinski definition) is 2. The van der Waals surface area contributed by atoms with E-state index in [4.69, 9.17) is 10.5 Å². The van der Waals surface area contributed by atoms with E-state index in [2.05, 4.69) is 11.6 Å². The van der Waals surface area contributed by atoms with E-state index in [0.717, 1.165) is 34.2 Å². The molecule has 2 rings (SSSR count). The highest BCUT2D eigenvalue weighted by atomic mass is 16.5. The molecule has 0 unspecified atom stereocenters. The van der Waals surface area contributed by atoms with Gasteiger partial charge in [0.05, 0.1) is 7.11 Å². The van der Waals surface area contributed by atoms with Crippen LogP contribution in [0.25, 0.3) is 10.9 Å². The van der Waals surface area contributed by atoms with Gasteiger partial charge in [-0.25, -0.2) is 0 Å². The molecule has 0 aliphatic rings. The standard InChI is InChI=1S/C14H18N2O/c1-9(2)6-13(15)12-8-16-14-5-4-10(17-3)7-11(12)14/h4-5,7-8,13,16H,1,6,15H2,2-3H3/t13-/m1/s1. The molecule has 3 heteroatoms. The zero-order valence-corrected chi connectivity index (χ0v) is 10.3. The Morgan fingerprint density at radius 3 is 2.94 bits per heavy atom. The van der Waals surface area contributed by atoms with Crippen LogP contribution in [-0.2, 0) is 0 Å². The molecule has 1 heterocycles. The van der Waals surface area contributed by atoms with Gasteiger partial charge in [0.2, 0.25) is 0 Å². The zero-order chi connectivity index (χ0) is 12.4. The number of aromatic nitrogens is 1. The second-order valence-electron chi connectivity index (χ2n) is 4.42. The van der Waals surface area contributed by atoms with E-state index < -0.39 is 0 Å². The Bertz CT molecular complexity index is 542. The number of fused-ring (bicyclic) bond motifs is 1. The second kappa shape index (κ2) is 4.63. The highest BCUT2D eigenvalue weighted by Crippen LogP contribution is 2.29. The minimum atomic E-state index is -0.0200. The topological polar surface area (TPSA) is 51.0 Å². The Labute approximate surface area is 101 Å². The lowest BCUT2D eigenvalue weighted by Crippen LogP contribution is -2.09. The first-order chi connectivity index (χ1) is 8.11. The molecule has 1 aromatic heterocycles. The van der Waals surface area contributed by atoms with Crippen molar-refractivity contribution in [1.29, 1.82) is 0 Å². The molecule has 1 aromatic carbocycles. The van der Waals surface area contributed by atoms with Crippen LogP contribution in [0.1, 0.15) is 24.9 Å². The maximum absolute atomic E-state index is 6.18. The molecule has 0 spiro atoms. The van der Waals surface area contributed by atoms with Gasteiger partial charge in [0.1, 0.15) is 5.75 Å². The van der Waals surface area contributed by atoms with Crippen molar-refractivity contribution in [3.8, 4) is 5.75 Å². The molecule has 0 radical (unpaired) electrons. The summed E-state index contributed by atoms with van der Waals surface area (Å²) >= 11 is 0. The SMILES string of the molecule is C=C(C)C[C@@H](N)c1c[nH]c2ccc(OC)cc12.